The van der Waals surface area contributed by atoms with Crippen LogP contribution in [0.4, 0.5) is 22.0 Å². The molecular formula is C32H51F5O7. The van der Waals surface area contributed by atoms with Crippen molar-refractivity contribution in [2.75, 3.05) is 66.1 Å². The SMILES string of the molecule is CCCCCCCCCCCCCCCOCCOCCOCCOCCOCCC(=O)Oc1c(F)c(F)c(F)c(F)c1F. The molecule has 1 aromatic carbocycles. The Morgan fingerprint density at radius 2 is 0.750 bits per heavy atom. The Kier molecular flexibility index (Phi) is 25.1. The second-order valence-corrected chi connectivity index (χ2v) is 10.4. The van der Waals surface area contributed by atoms with Crippen molar-refractivity contribution in [1.29, 1.82) is 0 Å². The van der Waals surface area contributed by atoms with Crippen molar-refractivity contribution >= 4 is 5.97 Å². The Morgan fingerprint density at radius 3 is 1.16 bits per heavy atom. The lowest BCUT2D eigenvalue weighted by atomic mass is 10.0. The topological polar surface area (TPSA) is 72.5 Å². The van der Waals surface area contributed by atoms with Gasteiger partial charge in [0.1, 0.15) is 0 Å². The van der Waals surface area contributed by atoms with Gasteiger partial charge in [-0.2, -0.15) is 8.78 Å². The van der Waals surface area contributed by atoms with E-state index < -0.39 is 47.2 Å². The fraction of sp³-hybridized carbons (Fsp3) is 0.781. The molecule has 44 heavy (non-hydrogen) atoms. The maximum atomic E-state index is 13.5. The van der Waals surface area contributed by atoms with Crippen LogP contribution in [0.15, 0.2) is 0 Å². The number of hydrogen-bond acceptors (Lipinski definition) is 7. The average molecular weight is 643 g/mol. The monoisotopic (exact) mass is 642 g/mol. The summed E-state index contributed by atoms with van der Waals surface area (Å²) in [4.78, 5) is 11.6. The van der Waals surface area contributed by atoms with Gasteiger partial charge < -0.3 is 28.4 Å². The molecule has 0 radical (unpaired) electrons. The van der Waals surface area contributed by atoms with Crippen LogP contribution in [0.25, 0.3) is 0 Å². The molecule has 0 heterocycles. The Morgan fingerprint density at radius 1 is 0.432 bits per heavy atom. The number of hydrogen-bond donors (Lipinski definition) is 0. The Balaban J connectivity index is 1.79. The van der Waals surface area contributed by atoms with Gasteiger partial charge in [-0.15, -0.1) is 0 Å². The fourth-order valence-corrected chi connectivity index (χ4v) is 4.20. The van der Waals surface area contributed by atoms with Gasteiger partial charge in [-0.05, 0) is 6.42 Å². The zero-order chi connectivity index (χ0) is 32.3. The van der Waals surface area contributed by atoms with Gasteiger partial charge in [0.25, 0.3) is 0 Å². The zero-order valence-corrected chi connectivity index (χ0v) is 26.2. The summed E-state index contributed by atoms with van der Waals surface area (Å²) in [6, 6.07) is 0. The molecule has 0 atom stereocenters. The highest BCUT2D eigenvalue weighted by molar-refractivity contribution is 5.72. The van der Waals surface area contributed by atoms with Gasteiger partial charge in [-0.3, -0.25) is 4.79 Å². The van der Waals surface area contributed by atoms with E-state index in [0.717, 1.165) is 13.0 Å². The number of unbranched alkanes of at least 4 members (excludes halogenated alkanes) is 12. The van der Waals surface area contributed by atoms with Crippen molar-refractivity contribution in [1.82, 2.24) is 0 Å². The van der Waals surface area contributed by atoms with Crippen LogP contribution in [0.5, 0.6) is 5.75 Å². The van der Waals surface area contributed by atoms with Gasteiger partial charge in [0.15, 0.2) is 0 Å². The fourth-order valence-electron chi connectivity index (χ4n) is 4.20. The van der Waals surface area contributed by atoms with E-state index in [9.17, 15) is 26.7 Å². The number of halogens is 5. The minimum absolute atomic E-state index is 0.109. The van der Waals surface area contributed by atoms with Crippen LogP contribution in [0.2, 0.25) is 0 Å². The van der Waals surface area contributed by atoms with Gasteiger partial charge in [0, 0.05) is 6.61 Å². The first kappa shape index (κ1) is 40.2. The van der Waals surface area contributed by atoms with Crippen LogP contribution >= 0.6 is 0 Å². The standard InChI is InChI=1S/C32H51F5O7/c1-2-3-4-5-6-7-8-9-10-11-12-13-14-16-39-18-20-41-22-24-43-25-23-42-21-19-40-17-15-26(38)44-32-30(36)28(34)27(33)29(35)31(32)37/h2-25H2,1H3. The van der Waals surface area contributed by atoms with Gasteiger partial charge in [0.2, 0.25) is 34.8 Å². The van der Waals surface area contributed by atoms with Gasteiger partial charge in [0.05, 0.1) is 65.9 Å². The van der Waals surface area contributed by atoms with E-state index in [4.69, 9.17) is 23.7 Å². The molecule has 0 aliphatic rings. The molecule has 0 fully saturated rings. The molecule has 12 heteroatoms. The molecule has 0 spiro atoms. The smallest absolute Gasteiger partial charge is 0.313 e. The zero-order valence-electron chi connectivity index (χ0n) is 26.2. The highest BCUT2D eigenvalue weighted by Gasteiger charge is 2.28. The summed E-state index contributed by atoms with van der Waals surface area (Å²) in [5, 5.41) is 0. The van der Waals surface area contributed by atoms with E-state index in [2.05, 4.69) is 11.7 Å². The number of ether oxygens (including phenoxy) is 6. The molecule has 256 valence electrons. The van der Waals surface area contributed by atoms with Gasteiger partial charge in [-0.25, -0.2) is 13.2 Å². The van der Waals surface area contributed by atoms with Gasteiger partial charge in [-0.1, -0.05) is 84.0 Å². The largest absolute Gasteiger partial charge is 0.420 e. The van der Waals surface area contributed by atoms with Crippen molar-refractivity contribution < 1.29 is 55.2 Å². The lowest BCUT2D eigenvalue weighted by molar-refractivity contribution is -0.136. The molecule has 0 saturated heterocycles. The van der Waals surface area contributed by atoms with Crippen molar-refractivity contribution in [3.63, 3.8) is 0 Å². The van der Waals surface area contributed by atoms with Crippen LogP contribution < -0.4 is 4.74 Å². The summed E-state index contributed by atoms with van der Waals surface area (Å²) in [6.45, 7) is 5.75. The molecular weight excluding hydrogens is 591 g/mol. The molecule has 0 bridgehead atoms. The van der Waals surface area contributed by atoms with E-state index in [-0.39, 0.29) is 19.8 Å². The predicted octanol–water partition coefficient (Wildman–Crippen LogP) is 7.85. The molecule has 0 saturated carbocycles. The van der Waals surface area contributed by atoms with Crippen molar-refractivity contribution in [3.8, 4) is 5.75 Å². The Labute approximate surface area is 259 Å². The third kappa shape index (κ3) is 19.5. The number of esters is 1. The van der Waals surface area contributed by atoms with Crippen LogP contribution in [0.1, 0.15) is 96.8 Å². The van der Waals surface area contributed by atoms with Crippen LogP contribution in [0.3, 0.4) is 0 Å². The molecule has 0 unspecified atom stereocenters. The van der Waals surface area contributed by atoms with E-state index in [1.54, 1.807) is 0 Å². The lowest BCUT2D eigenvalue weighted by Gasteiger charge is -2.09. The number of rotatable bonds is 30. The van der Waals surface area contributed by atoms with Crippen molar-refractivity contribution in [2.24, 2.45) is 0 Å². The first-order chi connectivity index (χ1) is 21.4. The number of carbonyl (C=O) groups excluding carboxylic acids is 1. The highest BCUT2D eigenvalue weighted by Crippen LogP contribution is 2.29. The summed E-state index contributed by atoms with van der Waals surface area (Å²) in [5.74, 6) is -14.0. The van der Waals surface area contributed by atoms with Crippen LogP contribution in [-0.4, -0.2) is 72.0 Å². The summed E-state index contributed by atoms with van der Waals surface area (Å²) < 4.78 is 97.5. The molecule has 1 aromatic rings. The van der Waals surface area contributed by atoms with Crippen molar-refractivity contribution in [2.45, 2.75) is 96.8 Å². The minimum atomic E-state index is -2.34. The first-order valence-electron chi connectivity index (χ1n) is 16.0. The predicted molar refractivity (Wildman–Crippen MR) is 156 cm³/mol. The molecule has 0 aliphatic carbocycles. The molecule has 7 nitrogen and oxygen atoms in total. The van der Waals surface area contributed by atoms with Crippen LogP contribution in [0, 0.1) is 29.1 Å². The van der Waals surface area contributed by atoms with E-state index in [1.807, 2.05) is 0 Å². The van der Waals surface area contributed by atoms with Crippen molar-refractivity contribution in [3.05, 3.63) is 29.1 Å². The van der Waals surface area contributed by atoms with Gasteiger partial charge >= 0.3 is 5.97 Å². The second-order valence-electron chi connectivity index (χ2n) is 10.4. The minimum Gasteiger partial charge on any atom is -0.420 e. The molecule has 0 aromatic heterocycles. The second kappa shape index (κ2) is 27.5. The summed E-state index contributed by atoms with van der Waals surface area (Å²) in [6.07, 6.45) is 16.8. The maximum Gasteiger partial charge on any atom is 0.313 e. The maximum absolute atomic E-state index is 13.5. The normalized spacial score (nSPS) is 11.4. The third-order valence-corrected chi connectivity index (χ3v) is 6.72. The Hall–Kier alpha value is -1.86. The lowest BCUT2D eigenvalue weighted by Crippen LogP contribution is -2.16. The quantitative estimate of drug-likeness (QED) is 0.0211. The molecule has 0 N–H and O–H groups in total. The summed E-state index contributed by atoms with van der Waals surface area (Å²) in [7, 11) is 0. The Bertz CT molecular complexity index is 847. The summed E-state index contributed by atoms with van der Waals surface area (Å²) in [5.41, 5.74) is 0. The van der Waals surface area contributed by atoms with E-state index >= 15 is 0 Å². The highest BCUT2D eigenvalue weighted by atomic mass is 19.2. The van der Waals surface area contributed by atoms with Crippen LogP contribution in [-0.2, 0) is 28.5 Å². The molecule has 1 rings (SSSR count). The number of carbonyl (C=O) groups is 1. The summed E-state index contributed by atoms with van der Waals surface area (Å²) >= 11 is 0. The van der Waals surface area contributed by atoms with E-state index in [0.29, 0.717) is 39.6 Å². The molecule has 0 amide bonds. The first-order valence-corrected chi connectivity index (χ1v) is 16.0. The third-order valence-electron chi connectivity index (χ3n) is 6.72. The average Bonchev–Trinajstić information content (AvgIpc) is 3.02. The molecule has 0 aliphatic heterocycles. The number of benzene rings is 1. The van der Waals surface area contributed by atoms with E-state index in [1.165, 1.54) is 77.0 Å².